The number of hydrogen-bond donors (Lipinski definition) is 2. The molecule has 0 aliphatic heterocycles. The molecule has 0 radical (unpaired) electrons. The molecule has 0 saturated carbocycles. The minimum Gasteiger partial charge on any atom is -0.444 e. The number of halogens is 2. The summed E-state index contributed by atoms with van der Waals surface area (Å²) in [6.45, 7) is 6.92. The van der Waals surface area contributed by atoms with Crippen LogP contribution in [0, 0.1) is 17.0 Å². The van der Waals surface area contributed by atoms with E-state index in [0.29, 0.717) is 5.56 Å². The molecule has 0 aliphatic rings. The van der Waals surface area contributed by atoms with Crippen molar-refractivity contribution in [2.45, 2.75) is 39.7 Å². The predicted molar refractivity (Wildman–Crippen MR) is 79.5 cm³/mol. The van der Waals surface area contributed by atoms with E-state index >= 15 is 0 Å². The average Bonchev–Trinajstić information content (AvgIpc) is 2.39. The number of alkyl carbamates (subject to hydrolysis) is 1. The van der Waals surface area contributed by atoms with Gasteiger partial charge in [-0.05, 0) is 44.9 Å². The van der Waals surface area contributed by atoms with Gasteiger partial charge in [0.25, 0.3) is 0 Å². The molecule has 1 unspecified atom stereocenters. The molecule has 0 aliphatic carbocycles. The summed E-state index contributed by atoms with van der Waals surface area (Å²) in [7, 11) is 0. The Kier molecular flexibility index (Phi) is 5.88. The summed E-state index contributed by atoms with van der Waals surface area (Å²) in [5.41, 5.74) is -0.775. The number of benzene rings is 1. The highest BCUT2D eigenvalue weighted by Crippen LogP contribution is 2.22. The number of aliphatic hydroxyl groups is 1. The average molecular weight is 315 g/mol. The number of hydrogen-bond acceptors (Lipinski definition) is 3. The normalized spacial score (nSPS) is 14.3. The Bertz CT molecular complexity index is 529. The maximum atomic E-state index is 13.2. The van der Waals surface area contributed by atoms with E-state index in [2.05, 4.69) is 5.32 Å². The van der Waals surface area contributed by atoms with Crippen LogP contribution in [0.3, 0.4) is 0 Å². The van der Waals surface area contributed by atoms with E-state index in [9.17, 15) is 18.7 Å². The smallest absolute Gasteiger partial charge is 0.407 e. The lowest BCUT2D eigenvalue weighted by molar-refractivity contribution is 0.0478. The van der Waals surface area contributed by atoms with Crippen molar-refractivity contribution >= 4 is 6.09 Å². The third kappa shape index (κ3) is 5.97. The molecule has 1 rings (SSSR count). The van der Waals surface area contributed by atoms with Crippen LogP contribution in [0.4, 0.5) is 13.6 Å². The first-order valence-electron chi connectivity index (χ1n) is 7.06. The minimum absolute atomic E-state index is 0.150. The van der Waals surface area contributed by atoms with Gasteiger partial charge in [-0.2, -0.15) is 0 Å². The maximum Gasteiger partial charge on any atom is 0.407 e. The molecule has 0 bridgehead atoms. The second kappa shape index (κ2) is 7.05. The number of carbonyl (C=O) groups excluding carboxylic acids is 1. The van der Waals surface area contributed by atoms with E-state index in [-0.39, 0.29) is 19.6 Å². The van der Waals surface area contributed by atoms with Crippen LogP contribution < -0.4 is 5.32 Å². The van der Waals surface area contributed by atoms with E-state index in [4.69, 9.17) is 4.74 Å². The van der Waals surface area contributed by atoms with Crippen molar-refractivity contribution in [3.05, 3.63) is 35.4 Å². The Hall–Kier alpha value is -1.69. The number of amides is 1. The monoisotopic (exact) mass is 315 g/mol. The van der Waals surface area contributed by atoms with Gasteiger partial charge in [-0.3, -0.25) is 0 Å². The van der Waals surface area contributed by atoms with Gasteiger partial charge >= 0.3 is 6.09 Å². The fourth-order valence-corrected chi connectivity index (χ4v) is 1.92. The van der Waals surface area contributed by atoms with Crippen LogP contribution in [-0.4, -0.2) is 30.0 Å². The van der Waals surface area contributed by atoms with Gasteiger partial charge in [-0.15, -0.1) is 0 Å². The van der Waals surface area contributed by atoms with Crippen LogP contribution in [0.25, 0.3) is 0 Å². The van der Waals surface area contributed by atoms with Crippen LogP contribution in [-0.2, 0) is 11.2 Å². The number of ether oxygens (including phenoxy) is 1. The van der Waals surface area contributed by atoms with E-state index in [1.54, 1.807) is 27.7 Å². The molecule has 6 heteroatoms. The lowest BCUT2D eigenvalue weighted by Crippen LogP contribution is -2.41. The number of aliphatic hydroxyl groups excluding tert-OH is 1. The third-order valence-electron chi connectivity index (χ3n) is 3.06. The van der Waals surface area contributed by atoms with Crippen LogP contribution in [0.5, 0.6) is 0 Å². The van der Waals surface area contributed by atoms with Crippen molar-refractivity contribution in [2.24, 2.45) is 5.41 Å². The van der Waals surface area contributed by atoms with Gasteiger partial charge in [0.1, 0.15) is 5.60 Å². The molecule has 0 spiro atoms. The van der Waals surface area contributed by atoms with E-state index < -0.39 is 28.7 Å². The number of carbonyl (C=O) groups is 1. The van der Waals surface area contributed by atoms with Crippen molar-refractivity contribution in [1.82, 2.24) is 5.32 Å². The number of rotatable bonds is 5. The molecule has 1 amide bonds. The van der Waals surface area contributed by atoms with Crippen molar-refractivity contribution < 1.29 is 23.4 Å². The van der Waals surface area contributed by atoms with E-state index in [0.717, 1.165) is 12.1 Å². The Morgan fingerprint density at radius 2 is 1.86 bits per heavy atom. The highest BCUT2D eigenvalue weighted by molar-refractivity contribution is 5.67. The van der Waals surface area contributed by atoms with Crippen LogP contribution in [0.1, 0.15) is 33.3 Å². The zero-order valence-electron chi connectivity index (χ0n) is 13.4. The van der Waals surface area contributed by atoms with Crippen molar-refractivity contribution in [1.29, 1.82) is 0 Å². The molecule has 0 heterocycles. The zero-order valence-corrected chi connectivity index (χ0v) is 13.4. The minimum atomic E-state index is -0.933. The molecule has 1 aromatic rings. The summed E-state index contributed by atoms with van der Waals surface area (Å²) in [6.07, 6.45) is -0.297. The summed E-state index contributed by atoms with van der Waals surface area (Å²) in [4.78, 5) is 11.6. The van der Waals surface area contributed by atoms with Crippen molar-refractivity contribution in [3.8, 4) is 0 Å². The Morgan fingerprint density at radius 3 is 2.36 bits per heavy atom. The fourth-order valence-electron chi connectivity index (χ4n) is 1.92. The molecular formula is C16H23F2NO3. The first-order valence-corrected chi connectivity index (χ1v) is 7.06. The summed E-state index contributed by atoms with van der Waals surface area (Å²) in [5.74, 6) is -1.85. The first-order chi connectivity index (χ1) is 10.0. The third-order valence-corrected chi connectivity index (χ3v) is 3.06. The van der Waals surface area contributed by atoms with Gasteiger partial charge in [0, 0.05) is 12.0 Å². The van der Waals surface area contributed by atoms with Crippen LogP contribution in [0.2, 0.25) is 0 Å². The van der Waals surface area contributed by atoms with Crippen molar-refractivity contribution in [2.75, 3.05) is 13.2 Å². The standard InChI is InChI=1S/C16H23F2NO3/c1-15(2,3)22-14(21)19-9-16(4,10-20)8-11-5-6-12(17)13(18)7-11/h5-7,20H,8-10H2,1-4H3,(H,19,21). The van der Waals surface area contributed by atoms with Gasteiger partial charge in [-0.1, -0.05) is 13.0 Å². The molecule has 0 aromatic heterocycles. The molecule has 22 heavy (non-hydrogen) atoms. The lowest BCUT2D eigenvalue weighted by Gasteiger charge is -2.28. The molecule has 0 fully saturated rings. The lowest BCUT2D eigenvalue weighted by atomic mass is 9.84. The summed E-state index contributed by atoms with van der Waals surface area (Å²) in [6, 6.07) is 3.60. The Morgan fingerprint density at radius 1 is 1.23 bits per heavy atom. The predicted octanol–water partition coefficient (Wildman–Crippen LogP) is 3.03. The SMILES string of the molecule is CC(CO)(CNC(=O)OC(C)(C)C)Cc1ccc(F)c(F)c1. The van der Waals surface area contributed by atoms with Gasteiger partial charge in [-0.25, -0.2) is 13.6 Å². The molecule has 0 saturated heterocycles. The summed E-state index contributed by atoms with van der Waals surface area (Å²) >= 11 is 0. The van der Waals surface area contributed by atoms with Crippen molar-refractivity contribution in [3.63, 3.8) is 0 Å². The van der Waals surface area contributed by atoms with Gasteiger partial charge < -0.3 is 15.2 Å². The Labute approximate surface area is 129 Å². The second-order valence-corrected chi connectivity index (χ2v) is 6.75. The Balaban J connectivity index is 2.67. The largest absolute Gasteiger partial charge is 0.444 e. The first kappa shape index (κ1) is 18.4. The van der Waals surface area contributed by atoms with E-state index in [1.807, 2.05) is 0 Å². The highest BCUT2D eigenvalue weighted by Gasteiger charge is 2.26. The zero-order chi connectivity index (χ0) is 17.0. The highest BCUT2D eigenvalue weighted by atomic mass is 19.2. The van der Waals surface area contributed by atoms with Crippen LogP contribution >= 0.6 is 0 Å². The van der Waals surface area contributed by atoms with E-state index in [1.165, 1.54) is 6.07 Å². The maximum absolute atomic E-state index is 13.2. The fraction of sp³-hybridized carbons (Fsp3) is 0.562. The molecular weight excluding hydrogens is 292 g/mol. The summed E-state index contributed by atoms with van der Waals surface area (Å²) < 4.78 is 31.3. The topological polar surface area (TPSA) is 58.6 Å². The molecule has 124 valence electrons. The molecule has 2 N–H and O–H groups in total. The van der Waals surface area contributed by atoms with Gasteiger partial charge in [0.2, 0.25) is 0 Å². The molecule has 1 aromatic carbocycles. The van der Waals surface area contributed by atoms with Crippen LogP contribution in [0.15, 0.2) is 18.2 Å². The quantitative estimate of drug-likeness (QED) is 0.878. The molecule has 1 atom stereocenters. The van der Waals surface area contributed by atoms with Gasteiger partial charge in [0.15, 0.2) is 11.6 Å². The summed E-state index contributed by atoms with van der Waals surface area (Å²) in [5, 5.41) is 12.1. The van der Waals surface area contributed by atoms with Gasteiger partial charge in [0.05, 0.1) is 6.61 Å². The molecule has 4 nitrogen and oxygen atoms in total. The second-order valence-electron chi connectivity index (χ2n) is 6.75. The number of nitrogens with one attached hydrogen (secondary N) is 1.